The SMILES string of the molecule is O=C(Nc1nncs1)C1CCN(C(=O)c2ccccc2)CC1. The smallest absolute Gasteiger partial charge is 0.253 e. The third-order valence-electron chi connectivity index (χ3n) is 3.76. The van der Waals surface area contributed by atoms with Crippen LogP contribution in [0.1, 0.15) is 23.2 Å². The molecule has 1 N–H and O–H groups in total. The molecule has 0 unspecified atom stereocenters. The number of hydrogen-bond donors (Lipinski definition) is 1. The van der Waals surface area contributed by atoms with Gasteiger partial charge in [0.15, 0.2) is 0 Å². The summed E-state index contributed by atoms with van der Waals surface area (Å²) in [5.41, 5.74) is 2.27. The molecule has 114 valence electrons. The first-order valence-electron chi connectivity index (χ1n) is 7.15. The number of anilines is 1. The van der Waals surface area contributed by atoms with Gasteiger partial charge in [0, 0.05) is 24.6 Å². The lowest BCUT2D eigenvalue weighted by molar-refractivity contribution is -0.121. The molecule has 1 aliphatic heterocycles. The van der Waals surface area contributed by atoms with Crippen LogP contribution in [0.25, 0.3) is 0 Å². The average Bonchev–Trinajstić information content (AvgIpc) is 3.08. The highest BCUT2D eigenvalue weighted by Crippen LogP contribution is 2.21. The van der Waals surface area contributed by atoms with E-state index in [0.717, 1.165) is 0 Å². The Hall–Kier alpha value is -2.28. The maximum absolute atomic E-state index is 12.3. The number of nitrogens with zero attached hydrogens (tertiary/aromatic N) is 3. The van der Waals surface area contributed by atoms with Gasteiger partial charge in [-0.25, -0.2) is 0 Å². The zero-order chi connectivity index (χ0) is 15.4. The molecule has 6 nitrogen and oxygen atoms in total. The summed E-state index contributed by atoms with van der Waals surface area (Å²) in [6.07, 6.45) is 1.34. The van der Waals surface area contributed by atoms with Gasteiger partial charge in [-0.05, 0) is 25.0 Å². The first-order valence-corrected chi connectivity index (χ1v) is 8.03. The zero-order valence-corrected chi connectivity index (χ0v) is 12.8. The molecule has 2 aromatic rings. The normalized spacial score (nSPS) is 15.5. The van der Waals surface area contributed by atoms with Crippen LogP contribution in [-0.2, 0) is 4.79 Å². The van der Waals surface area contributed by atoms with E-state index in [-0.39, 0.29) is 17.7 Å². The molecule has 0 radical (unpaired) electrons. The fourth-order valence-corrected chi connectivity index (χ4v) is 2.99. The highest BCUT2D eigenvalue weighted by molar-refractivity contribution is 7.13. The molecule has 0 bridgehead atoms. The van der Waals surface area contributed by atoms with E-state index in [4.69, 9.17) is 0 Å². The molecular weight excluding hydrogens is 300 g/mol. The second kappa shape index (κ2) is 6.65. The summed E-state index contributed by atoms with van der Waals surface area (Å²) in [6, 6.07) is 9.24. The summed E-state index contributed by atoms with van der Waals surface area (Å²) in [6.45, 7) is 1.20. The fraction of sp³-hybridized carbons (Fsp3) is 0.333. The molecule has 1 fully saturated rings. The van der Waals surface area contributed by atoms with Crippen molar-refractivity contribution in [1.29, 1.82) is 0 Å². The van der Waals surface area contributed by atoms with Crippen LogP contribution in [-0.4, -0.2) is 40.0 Å². The Morgan fingerprint density at radius 2 is 1.91 bits per heavy atom. The van der Waals surface area contributed by atoms with Gasteiger partial charge in [-0.2, -0.15) is 0 Å². The summed E-state index contributed by atoms with van der Waals surface area (Å²) in [7, 11) is 0. The Bertz CT molecular complexity index is 637. The Labute approximate surface area is 132 Å². The summed E-state index contributed by atoms with van der Waals surface area (Å²) in [5, 5.41) is 10.8. The molecular formula is C15H16N4O2S. The molecule has 0 saturated carbocycles. The molecule has 1 aliphatic rings. The van der Waals surface area contributed by atoms with Crippen LogP contribution in [0.5, 0.6) is 0 Å². The molecule has 0 spiro atoms. The number of benzene rings is 1. The number of amides is 2. The summed E-state index contributed by atoms with van der Waals surface area (Å²) in [5.74, 6) is -0.0872. The summed E-state index contributed by atoms with van der Waals surface area (Å²) >= 11 is 1.30. The van der Waals surface area contributed by atoms with Crippen LogP contribution in [0.15, 0.2) is 35.8 Å². The molecule has 2 amide bonds. The topological polar surface area (TPSA) is 75.2 Å². The lowest BCUT2D eigenvalue weighted by atomic mass is 9.95. The van der Waals surface area contributed by atoms with Gasteiger partial charge >= 0.3 is 0 Å². The number of aromatic nitrogens is 2. The quantitative estimate of drug-likeness (QED) is 0.940. The van der Waals surface area contributed by atoms with Gasteiger partial charge in [-0.1, -0.05) is 29.5 Å². The van der Waals surface area contributed by atoms with Crippen molar-refractivity contribution in [2.75, 3.05) is 18.4 Å². The van der Waals surface area contributed by atoms with Crippen LogP contribution in [0.3, 0.4) is 0 Å². The predicted molar refractivity (Wildman–Crippen MR) is 83.6 cm³/mol. The highest BCUT2D eigenvalue weighted by atomic mass is 32.1. The van der Waals surface area contributed by atoms with E-state index in [0.29, 0.717) is 36.6 Å². The van der Waals surface area contributed by atoms with E-state index >= 15 is 0 Å². The standard InChI is InChI=1S/C15H16N4O2S/c20-13(17-15-18-16-10-22-15)11-6-8-19(9-7-11)14(21)12-4-2-1-3-5-12/h1-5,10-11H,6-9H2,(H,17,18,20). The molecule has 7 heteroatoms. The van der Waals surface area contributed by atoms with Gasteiger partial charge in [0.1, 0.15) is 5.51 Å². The van der Waals surface area contributed by atoms with Crippen molar-refractivity contribution in [3.05, 3.63) is 41.4 Å². The molecule has 0 atom stereocenters. The Morgan fingerprint density at radius 1 is 1.18 bits per heavy atom. The van der Waals surface area contributed by atoms with Crippen LogP contribution < -0.4 is 5.32 Å². The molecule has 3 rings (SSSR count). The molecule has 1 aromatic heterocycles. The number of carbonyl (C=O) groups is 2. The maximum Gasteiger partial charge on any atom is 0.253 e. The van der Waals surface area contributed by atoms with Crippen molar-refractivity contribution < 1.29 is 9.59 Å². The minimum Gasteiger partial charge on any atom is -0.339 e. The number of hydrogen-bond acceptors (Lipinski definition) is 5. The van der Waals surface area contributed by atoms with Crippen molar-refractivity contribution in [2.24, 2.45) is 5.92 Å². The molecule has 1 saturated heterocycles. The minimum absolute atomic E-state index is 0.0311. The van der Waals surface area contributed by atoms with E-state index in [1.165, 1.54) is 11.3 Å². The first-order chi connectivity index (χ1) is 10.7. The number of nitrogens with one attached hydrogen (secondary N) is 1. The third kappa shape index (κ3) is 3.30. The van der Waals surface area contributed by atoms with Crippen molar-refractivity contribution in [2.45, 2.75) is 12.8 Å². The van der Waals surface area contributed by atoms with Crippen LogP contribution in [0.2, 0.25) is 0 Å². The third-order valence-corrected chi connectivity index (χ3v) is 4.37. The van der Waals surface area contributed by atoms with Gasteiger partial charge in [-0.3, -0.25) is 9.59 Å². The predicted octanol–water partition coefficient (Wildman–Crippen LogP) is 2.03. The Kier molecular flexibility index (Phi) is 4.43. The van der Waals surface area contributed by atoms with E-state index in [1.807, 2.05) is 35.2 Å². The van der Waals surface area contributed by atoms with E-state index < -0.39 is 0 Å². The average molecular weight is 316 g/mol. The molecule has 2 heterocycles. The fourth-order valence-electron chi connectivity index (χ4n) is 2.54. The second-order valence-corrected chi connectivity index (χ2v) is 6.00. The van der Waals surface area contributed by atoms with Gasteiger partial charge in [0.25, 0.3) is 5.91 Å². The van der Waals surface area contributed by atoms with Crippen LogP contribution in [0, 0.1) is 5.92 Å². The number of rotatable bonds is 3. The maximum atomic E-state index is 12.3. The molecule has 0 aliphatic carbocycles. The van der Waals surface area contributed by atoms with Gasteiger partial charge in [-0.15, -0.1) is 10.2 Å². The first kappa shape index (κ1) is 14.6. The van der Waals surface area contributed by atoms with Gasteiger partial charge in [0.05, 0.1) is 0 Å². The van der Waals surface area contributed by atoms with E-state index in [1.54, 1.807) is 5.51 Å². The molecule has 1 aromatic carbocycles. The van der Waals surface area contributed by atoms with Gasteiger partial charge in [0.2, 0.25) is 11.0 Å². The largest absolute Gasteiger partial charge is 0.339 e. The lowest BCUT2D eigenvalue weighted by Gasteiger charge is -2.31. The van der Waals surface area contributed by atoms with Crippen LogP contribution in [0.4, 0.5) is 5.13 Å². The number of piperidine rings is 1. The molecule has 22 heavy (non-hydrogen) atoms. The van der Waals surface area contributed by atoms with Crippen LogP contribution >= 0.6 is 11.3 Å². The monoisotopic (exact) mass is 316 g/mol. The van der Waals surface area contributed by atoms with Crippen molar-refractivity contribution in [3.8, 4) is 0 Å². The van der Waals surface area contributed by atoms with E-state index in [9.17, 15) is 9.59 Å². The van der Waals surface area contributed by atoms with E-state index in [2.05, 4.69) is 15.5 Å². The summed E-state index contributed by atoms with van der Waals surface area (Å²) in [4.78, 5) is 26.3. The zero-order valence-electron chi connectivity index (χ0n) is 11.9. The lowest BCUT2D eigenvalue weighted by Crippen LogP contribution is -2.41. The summed E-state index contributed by atoms with van der Waals surface area (Å²) < 4.78 is 0. The Balaban J connectivity index is 1.54. The van der Waals surface area contributed by atoms with Crippen molar-refractivity contribution in [3.63, 3.8) is 0 Å². The second-order valence-electron chi connectivity index (χ2n) is 5.17. The highest BCUT2D eigenvalue weighted by Gasteiger charge is 2.28. The van der Waals surface area contributed by atoms with Crippen molar-refractivity contribution in [1.82, 2.24) is 15.1 Å². The van der Waals surface area contributed by atoms with Crippen molar-refractivity contribution >= 4 is 28.3 Å². The number of carbonyl (C=O) groups excluding carboxylic acids is 2. The van der Waals surface area contributed by atoms with Gasteiger partial charge < -0.3 is 10.2 Å². The Morgan fingerprint density at radius 3 is 2.55 bits per heavy atom. The number of likely N-dealkylation sites (tertiary alicyclic amines) is 1. The minimum atomic E-state index is -0.0799.